The van der Waals surface area contributed by atoms with E-state index in [2.05, 4.69) is 26.0 Å². The number of carbonyl (C=O) groups is 2. The first-order chi connectivity index (χ1) is 30.8. The Balaban J connectivity index is 2.21. The van der Waals surface area contributed by atoms with Crippen molar-refractivity contribution < 1.29 is 49.0 Å². The van der Waals surface area contributed by atoms with E-state index in [9.17, 15) is 30.0 Å². The second-order valence-electron chi connectivity index (χ2n) is 18.7. The maximum atomic E-state index is 12.8. The van der Waals surface area contributed by atoms with E-state index in [-0.39, 0.29) is 32.0 Å². The van der Waals surface area contributed by atoms with E-state index in [1.165, 1.54) is 173 Å². The summed E-state index contributed by atoms with van der Waals surface area (Å²) in [6.07, 6.45) is 42.2. The molecule has 10 heteroatoms. The largest absolute Gasteiger partial charge is 0.462 e. The van der Waals surface area contributed by atoms with Crippen molar-refractivity contribution in [1.29, 1.82) is 0 Å². The standard InChI is InChI=1S/C53H100O10/c1-3-5-7-9-11-13-15-17-19-20-21-22-23-24-25-26-28-30-32-34-36-38-40-42-49(56)62-46(45-61-53-52(59)51(58)50(57)47(43-54)63-53)44-60-48(55)41-39-37-35-33-31-29-27-18-16-14-12-10-8-6-4-2/h14,16,46-47,50-54,57-59H,3-13,15,17-45H2,1-2H3/b16-14+/t46-,47-,50+,51?,52?,53-/m1/s1. The van der Waals surface area contributed by atoms with Crippen LogP contribution in [-0.4, -0.2) is 89.0 Å². The lowest BCUT2D eigenvalue weighted by Gasteiger charge is -2.39. The molecule has 0 saturated carbocycles. The third-order valence-corrected chi connectivity index (χ3v) is 12.7. The lowest BCUT2D eigenvalue weighted by molar-refractivity contribution is -0.305. The van der Waals surface area contributed by atoms with Crippen LogP contribution in [-0.2, 0) is 28.5 Å². The van der Waals surface area contributed by atoms with E-state index in [4.69, 9.17) is 18.9 Å². The van der Waals surface area contributed by atoms with E-state index in [1.54, 1.807) is 0 Å². The van der Waals surface area contributed by atoms with Gasteiger partial charge in [0.05, 0.1) is 13.2 Å². The summed E-state index contributed by atoms with van der Waals surface area (Å²) in [7, 11) is 0. The maximum absolute atomic E-state index is 12.8. The van der Waals surface area contributed by atoms with E-state index >= 15 is 0 Å². The lowest BCUT2D eigenvalue weighted by Crippen LogP contribution is -2.59. The number of allylic oxidation sites excluding steroid dienone is 2. The van der Waals surface area contributed by atoms with Gasteiger partial charge in [0, 0.05) is 12.8 Å². The van der Waals surface area contributed by atoms with Gasteiger partial charge in [-0.3, -0.25) is 9.59 Å². The highest BCUT2D eigenvalue weighted by Crippen LogP contribution is 2.23. The van der Waals surface area contributed by atoms with Crippen LogP contribution in [0.4, 0.5) is 0 Å². The second-order valence-corrected chi connectivity index (χ2v) is 18.7. The molecule has 0 aromatic rings. The Morgan fingerprint density at radius 2 is 0.841 bits per heavy atom. The zero-order valence-electron chi connectivity index (χ0n) is 40.8. The van der Waals surface area contributed by atoms with Crippen LogP contribution in [0.15, 0.2) is 12.2 Å². The van der Waals surface area contributed by atoms with Crippen molar-refractivity contribution in [3.8, 4) is 0 Å². The van der Waals surface area contributed by atoms with Crippen molar-refractivity contribution in [2.75, 3.05) is 19.8 Å². The predicted molar refractivity (Wildman–Crippen MR) is 256 cm³/mol. The molecule has 4 N–H and O–H groups in total. The molecule has 6 atom stereocenters. The minimum absolute atomic E-state index is 0.214. The number of rotatable bonds is 46. The molecule has 0 spiro atoms. The monoisotopic (exact) mass is 897 g/mol. The summed E-state index contributed by atoms with van der Waals surface area (Å²) in [5.74, 6) is -0.796. The molecule has 63 heavy (non-hydrogen) atoms. The summed E-state index contributed by atoms with van der Waals surface area (Å²) in [4.78, 5) is 25.5. The number of ether oxygens (including phenoxy) is 4. The van der Waals surface area contributed by atoms with Crippen molar-refractivity contribution in [1.82, 2.24) is 0 Å². The Kier molecular flexibility index (Phi) is 41.8. The number of aliphatic hydroxyl groups excluding tert-OH is 4. The highest BCUT2D eigenvalue weighted by atomic mass is 16.7. The molecule has 1 aliphatic rings. The van der Waals surface area contributed by atoms with Crippen LogP contribution >= 0.6 is 0 Å². The van der Waals surface area contributed by atoms with Crippen LogP contribution in [0.1, 0.15) is 258 Å². The molecular formula is C53H100O10. The molecule has 0 bridgehead atoms. The van der Waals surface area contributed by atoms with Crippen molar-refractivity contribution in [3.63, 3.8) is 0 Å². The Bertz CT molecular complexity index is 1040. The topological polar surface area (TPSA) is 152 Å². The molecule has 0 aromatic carbocycles. The highest BCUT2D eigenvalue weighted by Gasteiger charge is 2.44. The van der Waals surface area contributed by atoms with Crippen molar-refractivity contribution >= 4 is 11.9 Å². The van der Waals surface area contributed by atoms with Gasteiger partial charge in [0.2, 0.25) is 0 Å². The van der Waals surface area contributed by atoms with Gasteiger partial charge in [-0.15, -0.1) is 0 Å². The number of carbonyl (C=O) groups excluding carboxylic acids is 2. The fraction of sp³-hybridized carbons (Fsp3) is 0.925. The quantitative estimate of drug-likeness (QED) is 0.0264. The van der Waals surface area contributed by atoms with Gasteiger partial charge in [0.15, 0.2) is 12.4 Å². The molecule has 372 valence electrons. The Morgan fingerprint density at radius 3 is 1.25 bits per heavy atom. The highest BCUT2D eigenvalue weighted by molar-refractivity contribution is 5.70. The number of unbranched alkanes of at least 4 members (excludes halogenated alkanes) is 33. The summed E-state index contributed by atoms with van der Waals surface area (Å²) < 4.78 is 22.3. The van der Waals surface area contributed by atoms with E-state index in [1.807, 2.05) is 0 Å². The van der Waals surface area contributed by atoms with Crippen LogP contribution in [0.25, 0.3) is 0 Å². The van der Waals surface area contributed by atoms with Gasteiger partial charge >= 0.3 is 11.9 Å². The van der Waals surface area contributed by atoms with Gasteiger partial charge < -0.3 is 39.4 Å². The molecule has 10 nitrogen and oxygen atoms in total. The molecule has 1 aliphatic heterocycles. The minimum atomic E-state index is -1.59. The molecule has 0 aromatic heterocycles. The van der Waals surface area contributed by atoms with Crippen LogP contribution in [0.2, 0.25) is 0 Å². The van der Waals surface area contributed by atoms with Crippen molar-refractivity contribution in [2.45, 2.75) is 295 Å². The van der Waals surface area contributed by atoms with Crippen LogP contribution in [0, 0.1) is 0 Å². The number of hydrogen-bond donors (Lipinski definition) is 4. The molecule has 0 amide bonds. The summed E-state index contributed by atoms with van der Waals surface area (Å²) in [5, 5.41) is 40.2. The summed E-state index contributed by atoms with van der Waals surface area (Å²) in [5.41, 5.74) is 0. The molecule has 2 unspecified atom stereocenters. The molecule has 1 saturated heterocycles. The molecule has 1 heterocycles. The average molecular weight is 897 g/mol. The van der Waals surface area contributed by atoms with E-state index < -0.39 is 49.4 Å². The third kappa shape index (κ3) is 35.3. The van der Waals surface area contributed by atoms with Crippen molar-refractivity contribution in [3.05, 3.63) is 12.2 Å². The molecular weight excluding hydrogens is 797 g/mol. The molecule has 1 fully saturated rings. The maximum Gasteiger partial charge on any atom is 0.306 e. The number of esters is 2. The Morgan fingerprint density at radius 1 is 0.476 bits per heavy atom. The lowest BCUT2D eigenvalue weighted by atomic mass is 9.99. The first-order valence-electron chi connectivity index (χ1n) is 26.8. The molecule has 0 radical (unpaired) electrons. The smallest absolute Gasteiger partial charge is 0.306 e. The van der Waals surface area contributed by atoms with Crippen LogP contribution in [0.5, 0.6) is 0 Å². The van der Waals surface area contributed by atoms with Gasteiger partial charge in [0.25, 0.3) is 0 Å². The average Bonchev–Trinajstić information content (AvgIpc) is 3.28. The predicted octanol–water partition coefficient (Wildman–Crippen LogP) is 12.7. The Hall–Kier alpha value is -1.56. The third-order valence-electron chi connectivity index (χ3n) is 12.7. The number of hydrogen-bond acceptors (Lipinski definition) is 10. The zero-order chi connectivity index (χ0) is 45.9. The molecule has 0 aliphatic carbocycles. The molecule has 1 rings (SSSR count). The van der Waals surface area contributed by atoms with E-state index in [0.29, 0.717) is 6.42 Å². The second kappa shape index (κ2) is 44.3. The normalized spacial score (nSPS) is 19.5. The van der Waals surface area contributed by atoms with Gasteiger partial charge in [-0.1, -0.05) is 219 Å². The summed E-state index contributed by atoms with van der Waals surface area (Å²) in [6, 6.07) is 0. The zero-order valence-corrected chi connectivity index (χ0v) is 40.8. The fourth-order valence-electron chi connectivity index (χ4n) is 8.42. The van der Waals surface area contributed by atoms with Crippen molar-refractivity contribution in [2.24, 2.45) is 0 Å². The van der Waals surface area contributed by atoms with Gasteiger partial charge in [-0.05, 0) is 38.5 Å². The fourth-order valence-corrected chi connectivity index (χ4v) is 8.42. The Labute approximate surface area is 386 Å². The SMILES string of the molecule is CCCCCC/C=C/CCCCCCCCCC(=O)OC[C@H](CO[C@@H]1O[C@H](CO)[C@H](O)C(O)C1O)OC(=O)CCCCCCCCCCCCCCCCCCCCCCCCC. The summed E-state index contributed by atoms with van der Waals surface area (Å²) in [6.45, 7) is 3.46. The first-order valence-corrected chi connectivity index (χ1v) is 26.8. The van der Waals surface area contributed by atoms with Gasteiger partial charge in [-0.2, -0.15) is 0 Å². The van der Waals surface area contributed by atoms with Gasteiger partial charge in [0.1, 0.15) is 31.0 Å². The van der Waals surface area contributed by atoms with Crippen LogP contribution < -0.4 is 0 Å². The van der Waals surface area contributed by atoms with E-state index in [0.717, 1.165) is 51.4 Å². The van der Waals surface area contributed by atoms with Crippen LogP contribution in [0.3, 0.4) is 0 Å². The summed E-state index contributed by atoms with van der Waals surface area (Å²) >= 11 is 0. The van der Waals surface area contributed by atoms with Gasteiger partial charge in [-0.25, -0.2) is 0 Å². The first kappa shape index (κ1) is 59.5. The minimum Gasteiger partial charge on any atom is -0.462 e. The number of aliphatic hydroxyl groups is 4.